The molecule has 0 unspecified atom stereocenters. The van der Waals surface area contributed by atoms with Crippen LogP contribution in [0, 0.1) is 5.82 Å². The summed E-state index contributed by atoms with van der Waals surface area (Å²) in [4.78, 5) is 13.8. The number of halogens is 3. The van der Waals surface area contributed by atoms with E-state index in [4.69, 9.17) is 28.9 Å². The predicted octanol–water partition coefficient (Wildman–Crippen LogP) is 3.99. The van der Waals surface area contributed by atoms with Gasteiger partial charge >= 0.3 is 0 Å². The van der Waals surface area contributed by atoms with E-state index in [1.807, 2.05) is 0 Å². The minimum atomic E-state index is -0.482. The van der Waals surface area contributed by atoms with E-state index < -0.39 is 5.82 Å². The maximum Gasteiger partial charge on any atom is 0.255 e. The van der Waals surface area contributed by atoms with E-state index in [2.05, 4.69) is 0 Å². The number of carbonyl (C=O) groups is 1. The van der Waals surface area contributed by atoms with Gasteiger partial charge in [-0.05, 0) is 29.8 Å². The minimum absolute atomic E-state index is 0.101. The van der Waals surface area contributed by atoms with Crippen LogP contribution in [0.3, 0.4) is 0 Å². The van der Waals surface area contributed by atoms with Crippen molar-refractivity contribution in [2.24, 2.45) is 0 Å². The molecule has 0 atom stereocenters. The van der Waals surface area contributed by atoms with Gasteiger partial charge in [0.15, 0.2) is 0 Å². The van der Waals surface area contributed by atoms with Gasteiger partial charge in [0.2, 0.25) is 0 Å². The van der Waals surface area contributed by atoms with Crippen molar-refractivity contribution in [1.82, 2.24) is 4.90 Å². The quantitative estimate of drug-likeness (QED) is 0.867. The van der Waals surface area contributed by atoms with Crippen LogP contribution in [-0.2, 0) is 6.54 Å². The second-order valence-electron chi connectivity index (χ2n) is 4.61. The fourth-order valence-corrected chi connectivity index (χ4v) is 2.31. The van der Waals surface area contributed by atoms with Gasteiger partial charge in [0.1, 0.15) is 5.82 Å². The highest BCUT2D eigenvalue weighted by atomic mass is 35.5. The molecule has 0 aliphatic carbocycles. The molecule has 0 aromatic heterocycles. The molecule has 1 amide bonds. The Morgan fingerprint density at radius 3 is 2.67 bits per heavy atom. The van der Waals surface area contributed by atoms with Gasteiger partial charge in [-0.3, -0.25) is 4.79 Å². The third-order valence-corrected chi connectivity index (χ3v) is 3.89. The first-order valence-corrected chi connectivity index (χ1v) is 6.89. The lowest BCUT2D eigenvalue weighted by molar-refractivity contribution is 0.0786. The van der Waals surface area contributed by atoms with Crippen LogP contribution < -0.4 is 5.73 Å². The Morgan fingerprint density at radius 2 is 2.00 bits per heavy atom. The van der Waals surface area contributed by atoms with Crippen molar-refractivity contribution in [3.05, 3.63) is 63.4 Å². The largest absolute Gasteiger partial charge is 0.398 e. The SMILES string of the molecule is CN(Cc1cccc(Cl)c1Cl)C(=O)c1ccc(F)cc1N. The molecule has 2 rings (SSSR count). The first-order valence-electron chi connectivity index (χ1n) is 6.13. The zero-order chi connectivity index (χ0) is 15.6. The average molecular weight is 327 g/mol. The molecule has 6 heteroatoms. The summed E-state index contributed by atoms with van der Waals surface area (Å²) in [7, 11) is 1.61. The Kier molecular flexibility index (Phi) is 4.70. The number of carbonyl (C=O) groups excluding carboxylic acids is 1. The van der Waals surface area contributed by atoms with Gasteiger partial charge in [-0.2, -0.15) is 0 Å². The van der Waals surface area contributed by atoms with Crippen molar-refractivity contribution in [3.8, 4) is 0 Å². The number of rotatable bonds is 3. The summed E-state index contributed by atoms with van der Waals surface area (Å²) < 4.78 is 13.0. The molecule has 2 aromatic carbocycles. The summed E-state index contributed by atoms with van der Waals surface area (Å²) in [6.45, 7) is 0.273. The fourth-order valence-electron chi connectivity index (χ4n) is 1.93. The molecule has 0 saturated carbocycles. The number of nitrogens with two attached hydrogens (primary N) is 1. The van der Waals surface area contributed by atoms with Gasteiger partial charge in [0.05, 0.1) is 15.6 Å². The standard InChI is InChI=1S/C15H13Cl2FN2O/c1-20(8-9-3-2-4-12(16)14(9)17)15(21)11-6-5-10(18)7-13(11)19/h2-7H,8,19H2,1H3. The van der Waals surface area contributed by atoms with Crippen LogP contribution in [0.25, 0.3) is 0 Å². The van der Waals surface area contributed by atoms with Gasteiger partial charge in [0, 0.05) is 19.3 Å². The monoisotopic (exact) mass is 326 g/mol. The van der Waals surface area contributed by atoms with E-state index >= 15 is 0 Å². The predicted molar refractivity (Wildman–Crippen MR) is 83.1 cm³/mol. The molecule has 0 bridgehead atoms. The Morgan fingerprint density at radius 1 is 1.29 bits per heavy atom. The smallest absolute Gasteiger partial charge is 0.255 e. The third-order valence-electron chi connectivity index (χ3n) is 3.03. The van der Waals surface area contributed by atoms with Gasteiger partial charge in [-0.25, -0.2) is 4.39 Å². The van der Waals surface area contributed by atoms with Crippen LogP contribution in [0.1, 0.15) is 15.9 Å². The number of hydrogen-bond acceptors (Lipinski definition) is 2. The lowest BCUT2D eigenvalue weighted by Crippen LogP contribution is -2.27. The summed E-state index contributed by atoms with van der Waals surface area (Å²) in [6, 6.07) is 8.90. The number of hydrogen-bond donors (Lipinski definition) is 1. The van der Waals surface area contributed by atoms with Crippen LogP contribution >= 0.6 is 23.2 Å². The topological polar surface area (TPSA) is 46.3 Å². The maximum absolute atomic E-state index is 13.0. The fraction of sp³-hybridized carbons (Fsp3) is 0.133. The maximum atomic E-state index is 13.0. The number of nitrogens with zero attached hydrogens (tertiary/aromatic N) is 1. The van der Waals surface area contributed by atoms with E-state index in [1.165, 1.54) is 17.0 Å². The van der Waals surface area contributed by atoms with Crippen molar-refractivity contribution in [1.29, 1.82) is 0 Å². The highest BCUT2D eigenvalue weighted by Gasteiger charge is 2.17. The minimum Gasteiger partial charge on any atom is -0.398 e. The van der Waals surface area contributed by atoms with Crippen LogP contribution in [-0.4, -0.2) is 17.9 Å². The van der Waals surface area contributed by atoms with Crippen molar-refractivity contribution in [3.63, 3.8) is 0 Å². The number of anilines is 1. The number of nitrogen functional groups attached to an aromatic ring is 1. The molecule has 0 fully saturated rings. The van der Waals surface area contributed by atoms with Gasteiger partial charge < -0.3 is 10.6 Å². The van der Waals surface area contributed by atoms with Crippen LogP contribution in [0.2, 0.25) is 10.0 Å². The molecule has 3 nitrogen and oxygen atoms in total. The van der Waals surface area contributed by atoms with Crippen LogP contribution in [0.4, 0.5) is 10.1 Å². The third kappa shape index (κ3) is 3.46. The lowest BCUT2D eigenvalue weighted by atomic mass is 10.1. The molecule has 0 aliphatic rings. The first kappa shape index (κ1) is 15.6. The second kappa shape index (κ2) is 6.33. The van der Waals surface area contributed by atoms with Gasteiger partial charge in [0.25, 0.3) is 5.91 Å². The molecular formula is C15H13Cl2FN2O. The van der Waals surface area contributed by atoms with E-state index in [-0.39, 0.29) is 23.7 Å². The van der Waals surface area contributed by atoms with E-state index in [0.29, 0.717) is 10.0 Å². The van der Waals surface area contributed by atoms with Crippen molar-refractivity contribution in [2.45, 2.75) is 6.54 Å². The highest BCUT2D eigenvalue weighted by molar-refractivity contribution is 6.42. The Labute approximate surface area is 132 Å². The van der Waals surface area contributed by atoms with Crippen molar-refractivity contribution in [2.75, 3.05) is 12.8 Å². The summed E-state index contributed by atoms with van der Waals surface area (Å²) in [5, 5.41) is 0.835. The number of amides is 1. The molecule has 0 saturated heterocycles. The molecule has 0 radical (unpaired) electrons. The van der Waals surface area contributed by atoms with Gasteiger partial charge in [-0.1, -0.05) is 35.3 Å². The number of benzene rings is 2. The molecular weight excluding hydrogens is 314 g/mol. The molecule has 2 aromatic rings. The van der Waals surface area contributed by atoms with Crippen LogP contribution in [0.5, 0.6) is 0 Å². The molecule has 0 heterocycles. The molecule has 2 N–H and O–H groups in total. The highest BCUT2D eigenvalue weighted by Crippen LogP contribution is 2.27. The zero-order valence-electron chi connectivity index (χ0n) is 11.2. The van der Waals surface area contributed by atoms with Crippen molar-refractivity contribution >= 4 is 34.8 Å². The van der Waals surface area contributed by atoms with E-state index in [0.717, 1.165) is 11.6 Å². The summed E-state index contributed by atoms with van der Waals surface area (Å²) >= 11 is 12.0. The summed E-state index contributed by atoms with van der Waals surface area (Å²) in [5.74, 6) is -0.798. The molecule has 0 aliphatic heterocycles. The zero-order valence-corrected chi connectivity index (χ0v) is 12.7. The summed E-state index contributed by atoms with van der Waals surface area (Å²) in [6.07, 6.45) is 0. The lowest BCUT2D eigenvalue weighted by Gasteiger charge is -2.19. The second-order valence-corrected chi connectivity index (χ2v) is 5.39. The molecule has 21 heavy (non-hydrogen) atoms. The average Bonchev–Trinajstić information content (AvgIpc) is 2.43. The van der Waals surface area contributed by atoms with Gasteiger partial charge in [-0.15, -0.1) is 0 Å². The first-order chi connectivity index (χ1) is 9.90. The summed E-state index contributed by atoms with van der Waals surface area (Å²) in [5.41, 5.74) is 6.74. The molecule has 110 valence electrons. The van der Waals surface area contributed by atoms with Crippen LogP contribution in [0.15, 0.2) is 36.4 Å². The molecule has 0 spiro atoms. The van der Waals surface area contributed by atoms with Crippen molar-refractivity contribution < 1.29 is 9.18 Å². The Hall–Kier alpha value is -1.78. The normalized spacial score (nSPS) is 10.5. The van der Waals surface area contributed by atoms with E-state index in [9.17, 15) is 9.18 Å². The Bertz CT molecular complexity index is 691. The Balaban J connectivity index is 2.21. The van der Waals surface area contributed by atoms with E-state index in [1.54, 1.807) is 25.2 Å².